The molecule has 1 N–H and O–H groups in total. The summed E-state index contributed by atoms with van der Waals surface area (Å²) in [5, 5.41) is 0.917. The van der Waals surface area contributed by atoms with Crippen molar-refractivity contribution < 1.29 is 23.7 Å². The van der Waals surface area contributed by atoms with Crippen LogP contribution in [0.25, 0.3) is 10.9 Å². The number of aromatic nitrogens is 1. The van der Waals surface area contributed by atoms with Gasteiger partial charge in [-0.25, -0.2) is 0 Å². The Morgan fingerprint density at radius 3 is 2.24 bits per heavy atom. The monoisotopic (exact) mass is 454 g/mol. The van der Waals surface area contributed by atoms with Gasteiger partial charge in [0.25, 0.3) is 5.56 Å². The van der Waals surface area contributed by atoms with Gasteiger partial charge < -0.3 is 23.9 Å². The Bertz CT molecular complexity index is 1180. The molecule has 0 unspecified atom stereocenters. The van der Waals surface area contributed by atoms with Crippen LogP contribution in [0.4, 0.5) is 0 Å². The van der Waals surface area contributed by atoms with E-state index in [9.17, 15) is 9.59 Å². The Hall–Kier alpha value is -3.52. The maximum absolute atomic E-state index is 12.7. The van der Waals surface area contributed by atoms with Gasteiger partial charge in [-0.1, -0.05) is 11.6 Å². The van der Waals surface area contributed by atoms with Gasteiger partial charge in [-0.3, -0.25) is 14.5 Å². The fourth-order valence-corrected chi connectivity index (χ4v) is 3.91. The second kappa shape index (κ2) is 10.4. The number of hydrogen-bond donors (Lipinski definition) is 1. The van der Waals surface area contributed by atoms with Gasteiger partial charge >= 0.3 is 5.97 Å². The molecule has 0 aliphatic carbocycles. The zero-order valence-corrected chi connectivity index (χ0v) is 19.9. The number of carbonyl (C=O) groups is 1. The lowest BCUT2D eigenvalue weighted by atomic mass is 10.0. The number of nitrogens with zero attached hydrogens (tertiary/aromatic N) is 1. The number of nitrogens with one attached hydrogen (secondary N) is 1. The van der Waals surface area contributed by atoms with Gasteiger partial charge in [0.15, 0.2) is 11.5 Å². The normalized spacial score (nSPS) is 12.0. The predicted octanol–water partition coefficient (Wildman–Crippen LogP) is 3.08. The zero-order chi connectivity index (χ0) is 24.1. The number of methoxy groups -OCH3 is 4. The molecule has 0 fully saturated rings. The molecule has 0 radical (unpaired) electrons. The summed E-state index contributed by atoms with van der Waals surface area (Å²) in [6.07, 6.45) is 0.201. The van der Waals surface area contributed by atoms with Gasteiger partial charge in [0.05, 0.1) is 28.4 Å². The lowest BCUT2D eigenvalue weighted by Crippen LogP contribution is -2.41. The minimum absolute atomic E-state index is 0.201. The van der Waals surface area contributed by atoms with Gasteiger partial charge in [0.2, 0.25) is 5.75 Å². The highest BCUT2D eigenvalue weighted by atomic mass is 16.5. The van der Waals surface area contributed by atoms with E-state index >= 15 is 0 Å². The second-order valence-electron chi connectivity index (χ2n) is 7.91. The van der Waals surface area contributed by atoms with Crippen molar-refractivity contribution in [2.45, 2.75) is 25.9 Å². The molecular formula is C25H30N2O6. The van der Waals surface area contributed by atoms with E-state index in [0.29, 0.717) is 29.4 Å². The topological polar surface area (TPSA) is 90.1 Å². The minimum Gasteiger partial charge on any atom is -0.493 e. The Morgan fingerprint density at radius 2 is 1.67 bits per heavy atom. The molecule has 0 saturated carbocycles. The Kier molecular flexibility index (Phi) is 7.60. The number of fused-ring (bicyclic) bond motifs is 1. The molecule has 0 amide bonds. The minimum atomic E-state index is -0.669. The van der Waals surface area contributed by atoms with Gasteiger partial charge in [-0.05, 0) is 55.3 Å². The first-order valence-electron chi connectivity index (χ1n) is 10.5. The largest absolute Gasteiger partial charge is 0.493 e. The van der Waals surface area contributed by atoms with Crippen molar-refractivity contribution in [3.8, 4) is 17.2 Å². The van der Waals surface area contributed by atoms with E-state index < -0.39 is 12.0 Å². The first-order chi connectivity index (χ1) is 15.8. The van der Waals surface area contributed by atoms with E-state index in [-0.39, 0.29) is 12.0 Å². The molecule has 33 heavy (non-hydrogen) atoms. The summed E-state index contributed by atoms with van der Waals surface area (Å²) in [6.45, 7) is 2.38. The quantitative estimate of drug-likeness (QED) is 0.497. The summed E-state index contributed by atoms with van der Waals surface area (Å²) in [4.78, 5) is 30.1. The molecule has 0 spiro atoms. The molecule has 0 aliphatic heterocycles. The molecule has 0 saturated heterocycles. The number of rotatable bonds is 9. The number of ether oxygens (including phenoxy) is 4. The van der Waals surface area contributed by atoms with Crippen LogP contribution in [0.1, 0.15) is 16.7 Å². The van der Waals surface area contributed by atoms with Crippen LogP contribution in [0, 0.1) is 6.92 Å². The van der Waals surface area contributed by atoms with E-state index in [1.54, 1.807) is 21.3 Å². The fourth-order valence-electron chi connectivity index (χ4n) is 3.91. The van der Waals surface area contributed by atoms with E-state index in [1.165, 1.54) is 7.11 Å². The number of likely N-dealkylation sites (N-methyl/N-ethyl adjacent to an activating group) is 1. The van der Waals surface area contributed by atoms with Crippen molar-refractivity contribution in [2.24, 2.45) is 0 Å². The highest BCUT2D eigenvalue weighted by molar-refractivity contribution is 5.80. The van der Waals surface area contributed by atoms with E-state index in [0.717, 1.165) is 22.0 Å². The molecule has 8 nitrogen and oxygen atoms in total. The average molecular weight is 455 g/mol. The Morgan fingerprint density at radius 1 is 1.00 bits per heavy atom. The van der Waals surface area contributed by atoms with Crippen molar-refractivity contribution in [2.75, 3.05) is 35.5 Å². The van der Waals surface area contributed by atoms with Crippen LogP contribution in [0.2, 0.25) is 0 Å². The Labute approximate surface area is 193 Å². The number of esters is 1. The molecule has 0 aliphatic rings. The predicted molar refractivity (Wildman–Crippen MR) is 126 cm³/mol. The number of carbonyl (C=O) groups excluding carboxylic acids is 1. The van der Waals surface area contributed by atoms with Crippen LogP contribution < -0.4 is 19.8 Å². The van der Waals surface area contributed by atoms with E-state index in [2.05, 4.69) is 4.98 Å². The lowest BCUT2D eigenvalue weighted by molar-refractivity contribution is -0.146. The van der Waals surface area contributed by atoms with E-state index in [4.69, 9.17) is 18.9 Å². The van der Waals surface area contributed by atoms with Crippen LogP contribution in [0.15, 0.2) is 41.2 Å². The summed E-state index contributed by atoms with van der Waals surface area (Å²) in [5.74, 6) is 1.12. The average Bonchev–Trinajstić information content (AvgIpc) is 2.81. The van der Waals surface area contributed by atoms with Crippen LogP contribution in [0.3, 0.4) is 0 Å². The first-order valence-corrected chi connectivity index (χ1v) is 10.5. The molecule has 2 aromatic carbocycles. The van der Waals surface area contributed by atoms with Crippen LogP contribution in [-0.4, -0.2) is 57.4 Å². The molecule has 8 heteroatoms. The van der Waals surface area contributed by atoms with E-state index in [1.807, 2.05) is 55.3 Å². The summed E-state index contributed by atoms with van der Waals surface area (Å²) < 4.78 is 21.3. The smallest absolute Gasteiger partial charge is 0.323 e. The van der Waals surface area contributed by atoms with Crippen molar-refractivity contribution >= 4 is 16.9 Å². The molecule has 1 atom stereocenters. The lowest BCUT2D eigenvalue weighted by Gasteiger charge is -2.26. The zero-order valence-electron chi connectivity index (χ0n) is 19.9. The maximum Gasteiger partial charge on any atom is 0.323 e. The molecule has 1 aromatic heterocycles. The second-order valence-corrected chi connectivity index (χ2v) is 7.91. The first kappa shape index (κ1) is 24.1. The third-order valence-corrected chi connectivity index (χ3v) is 5.65. The number of pyridine rings is 1. The van der Waals surface area contributed by atoms with Gasteiger partial charge in [-0.15, -0.1) is 0 Å². The van der Waals surface area contributed by atoms with Gasteiger partial charge in [-0.2, -0.15) is 0 Å². The molecule has 3 rings (SSSR count). The molecular weight excluding hydrogens is 424 g/mol. The maximum atomic E-state index is 12.7. The number of benzene rings is 2. The van der Waals surface area contributed by atoms with Crippen LogP contribution >= 0.6 is 0 Å². The Balaban J connectivity index is 1.93. The molecule has 3 aromatic rings. The number of hydrogen-bond acceptors (Lipinski definition) is 7. The molecule has 176 valence electrons. The van der Waals surface area contributed by atoms with Gasteiger partial charge in [0, 0.05) is 24.0 Å². The van der Waals surface area contributed by atoms with Gasteiger partial charge in [0.1, 0.15) is 6.04 Å². The summed E-state index contributed by atoms with van der Waals surface area (Å²) in [5.41, 5.74) is 2.99. The highest BCUT2D eigenvalue weighted by Crippen LogP contribution is 2.38. The van der Waals surface area contributed by atoms with Crippen molar-refractivity contribution in [3.05, 3.63) is 63.4 Å². The number of aryl methyl sites for hydroxylation is 1. The standard InChI is InChI=1S/C25H30N2O6/c1-15-7-8-19-17(9-15)12-18(24(28)26-19)13-20(25(29)33-6)27(2)14-16-10-21(30-3)23(32-5)22(11-16)31-4/h7-12,20H,13-14H2,1-6H3,(H,26,28)/t20-/m0/s1. The fraction of sp³-hybridized carbons (Fsp3) is 0.360. The van der Waals surface area contributed by atoms with Crippen LogP contribution in [-0.2, 0) is 22.5 Å². The van der Waals surface area contributed by atoms with Crippen molar-refractivity contribution in [1.29, 1.82) is 0 Å². The van der Waals surface area contributed by atoms with Crippen molar-refractivity contribution in [3.63, 3.8) is 0 Å². The summed E-state index contributed by atoms with van der Waals surface area (Å²) in [6, 6.07) is 10.7. The number of aromatic amines is 1. The number of H-pyrrole nitrogens is 1. The van der Waals surface area contributed by atoms with Crippen molar-refractivity contribution in [1.82, 2.24) is 9.88 Å². The SMILES string of the molecule is COC(=O)[C@H](Cc1cc2cc(C)ccc2[nH]c1=O)N(C)Cc1cc(OC)c(OC)c(OC)c1. The van der Waals surface area contributed by atoms with Crippen LogP contribution in [0.5, 0.6) is 17.2 Å². The third kappa shape index (κ3) is 5.28. The third-order valence-electron chi connectivity index (χ3n) is 5.65. The summed E-state index contributed by atoms with van der Waals surface area (Å²) >= 11 is 0. The summed E-state index contributed by atoms with van der Waals surface area (Å²) in [7, 11) is 7.80. The highest BCUT2D eigenvalue weighted by Gasteiger charge is 2.26. The molecule has 1 heterocycles. The molecule has 0 bridgehead atoms.